The number of carbonyl (C=O) groups is 1. The molecule has 0 aliphatic carbocycles. The van der Waals surface area contributed by atoms with Crippen molar-refractivity contribution in [3.63, 3.8) is 0 Å². The summed E-state index contributed by atoms with van der Waals surface area (Å²) in [4.78, 5) is 11.1. The van der Waals surface area contributed by atoms with Crippen LogP contribution in [0.15, 0.2) is 0 Å². The molecule has 0 amide bonds. The summed E-state index contributed by atoms with van der Waals surface area (Å²) in [5.41, 5.74) is 0. The first-order valence-electron chi connectivity index (χ1n) is 4.85. The quantitative estimate of drug-likeness (QED) is 0.636. The van der Waals surface area contributed by atoms with Crippen molar-refractivity contribution >= 4 is 5.97 Å². The van der Waals surface area contributed by atoms with Crippen LogP contribution in [0.2, 0.25) is 0 Å². The highest BCUT2D eigenvalue weighted by Gasteiger charge is 2.34. The highest BCUT2D eigenvalue weighted by atomic mass is 16.7. The van der Waals surface area contributed by atoms with Crippen LogP contribution in [0.4, 0.5) is 0 Å². The van der Waals surface area contributed by atoms with E-state index >= 15 is 0 Å². The van der Waals surface area contributed by atoms with E-state index in [1.807, 2.05) is 20.8 Å². The van der Waals surface area contributed by atoms with Crippen LogP contribution in [0.3, 0.4) is 0 Å². The van der Waals surface area contributed by atoms with E-state index in [9.17, 15) is 4.79 Å². The summed E-state index contributed by atoms with van der Waals surface area (Å²) >= 11 is 0. The Morgan fingerprint density at radius 3 is 2.64 bits per heavy atom. The average molecular weight is 202 g/mol. The molecule has 1 saturated heterocycles. The van der Waals surface area contributed by atoms with Crippen LogP contribution in [0.5, 0.6) is 0 Å². The molecule has 14 heavy (non-hydrogen) atoms. The van der Waals surface area contributed by atoms with E-state index in [2.05, 4.69) is 4.74 Å². The molecule has 0 aromatic rings. The summed E-state index contributed by atoms with van der Waals surface area (Å²) in [5.74, 6) is -0.837. The maximum Gasteiger partial charge on any atom is 0.308 e. The van der Waals surface area contributed by atoms with Crippen LogP contribution < -0.4 is 0 Å². The van der Waals surface area contributed by atoms with Gasteiger partial charge in [-0.1, -0.05) is 0 Å². The molecule has 0 radical (unpaired) electrons. The fourth-order valence-electron chi connectivity index (χ4n) is 1.77. The van der Waals surface area contributed by atoms with Crippen molar-refractivity contribution in [2.24, 2.45) is 0 Å². The van der Waals surface area contributed by atoms with Crippen LogP contribution in [0.1, 0.15) is 33.6 Å². The molecule has 1 aliphatic rings. The monoisotopic (exact) mass is 202 g/mol. The Kier molecular flexibility index (Phi) is 3.50. The molecule has 82 valence electrons. The lowest BCUT2D eigenvalue weighted by atomic mass is 10.1. The Balaban J connectivity index is 2.50. The zero-order valence-electron chi connectivity index (χ0n) is 9.20. The molecule has 0 saturated carbocycles. The van der Waals surface area contributed by atoms with Gasteiger partial charge >= 0.3 is 5.97 Å². The standard InChI is InChI=1S/C10H18O4/c1-7-5-8(6-9(11)12-4)14-10(2,3)13-7/h7-8H,5-6H2,1-4H3/t7-,8-/m0/s1. The van der Waals surface area contributed by atoms with Gasteiger partial charge in [-0.2, -0.15) is 0 Å². The minimum Gasteiger partial charge on any atom is -0.469 e. The second-order valence-corrected chi connectivity index (χ2v) is 4.08. The maximum atomic E-state index is 11.1. The highest BCUT2D eigenvalue weighted by molar-refractivity contribution is 5.69. The van der Waals surface area contributed by atoms with Crippen LogP contribution in [-0.4, -0.2) is 31.1 Å². The van der Waals surface area contributed by atoms with Crippen molar-refractivity contribution in [2.75, 3.05) is 7.11 Å². The summed E-state index contributed by atoms with van der Waals surface area (Å²) in [6.07, 6.45) is 1.06. The van der Waals surface area contributed by atoms with Crippen LogP contribution in [0.25, 0.3) is 0 Å². The van der Waals surface area contributed by atoms with Gasteiger partial charge in [-0.15, -0.1) is 0 Å². The molecule has 0 aromatic carbocycles. The first-order valence-corrected chi connectivity index (χ1v) is 4.85. The predicted octanol–water partition coefficient (Wildman–Crippen LogP) is 1.48. The van der Waals surface area contributed by atoms with E-state index in [0.717, 1.165) is 6.42 Å². The zero-order chi connectivity index (χ0) is 10.8. The molecule has 4 heteroatoms. The third kappa shape index (κ3) is 3.27. The fraction of sp³-hybridized carbons (Fsp3) is 0.900. The van der Waals surface area contributed by atoms with Gasteiger partial charge in [0.25, 0.3) is 0 Å². The zero-order valence-corrected chi connectivity index (χ0v) is 9.20. The van der Waals surface area contributed by atoms with E-state index in [1.54, 1.807) is 0 Å². The molecule has 1 fully saturated rings. The number of hydrogen-bond acceptors (Lipinski definition) is 4. The van der Waals surface area contributed by atoms with Gasteiger partial charge in [0.05, 0.1) is 25.7 Å². The molecule has 2 atom stereocenters. The molecular weight excluding hydrogens is 184 g/mol. The van der Waals surface area contributed by atoms with Gasteiger partial charge in [-0.25, -0.2) is 0 Å². The van der Waals surface area contributed by atoms with E-state index < -0.39 is 5.79 Å². The number of ether oxygens (including phenoxy) is 3. The molecule has 0 N–H and O–H groups in total. The van der Waals surface area contributed by atoms with Crippen LogP contribution in [0, 0.1) is 0 Å². The normalized spacial score (nSPS) is 31.1. The third-order valence-electron chi connectivity index (χ3n) is 2.15. The summed E-state index contributed by atoms with van der Waals surface area (Å²) < 4.78 is 15.7. The van der Waals surface area contributed by atoms with E-state index in [1.165, 1.54) is 7.11 Å². The Bertz CT molecular complexity index is 212. The molecule has 0 unspecified atom stereocenters. The van der Waals surface area contributed by atoms with Gasteiger partial charge in [-0.05, 0) is 20.8 Å². The molecule has 4 nitrogen and oxygen atoms in total. The minimum absolute atomic E-state index is 0.0961. The minimum atomic E-state index is -0.601. The Morgan fingerprint density at radius 1 is 1.50 bits per heavy atom. The van der Waals surface area contributed by atoms with Crippen molar-refractivity contribution in [2.45, 2.75) is 51.6 Å². The van der Waals surface area contributed by atoms with Crippen LogP contribution in [-0.2, 0) is 19.0 Å². The summed E-state index contributed by atoms with van der Waals surface area (Å²) in [7, 11) is 1.39. The average Bonchev–Trinajstić information content (AvgIpc) is 1.99. The topological polar surface area (TPSA) is 44.8 Å². The van der Waals surface area contributed by atoms with Crippen molar-refractivity contribution in [1.29, 1.82) is 0 Å². The first-order chi connectivity index (χ1) is 6.43. The molecule has 1 aliphatic heterocycles. The number of esters is 1. The number of methoxy groups -OCH3 is 1. The molecule has 0 aromatic heterocycles. The van der Waals surface area contributed by atoms with Crippen molar-refractivity contribution in [3.05, 3.63) is 0 Å². The van der Waals surface area contributed by atoms with Crippen molar-refractivity contribution < 1.29 is 19.0 Å². The van der Waals surface area contributed by atoms with Crippen molar-refractivity contribution in [3.8, 4) is 0 Å². The summed E-state index contributed by atoms with van der Waals surface area (Å²) in [6.45, 7) is 5.69. The van der Waals surface area contributed by atoms with E-state index in [-0.39, 0.29) is 18.2 Å². The second kappa shape index (κ2) is 4.28. The smallest absolute Gasteiger partial charge is 0.308 e. The lowest BCUT2D eigenvalue weighted by molar-refractivity contribution is -0.296. The van der Waals surface area contributed by atoms with Gasteiger partial charge in [0.15, 0.2) is 5.79 Å². The molecule has 0 spiro atoms. The SMILES string of the molecule is COC(=O)C[C@@H]1C[C@H](C)OC(C)(C)O1. The Labute approximate surface area is 84.5 Å². The van der Waals surface area contributed by atoms with Gasteiger partial charge in [0, 0.05) is 6.42 Å². The number of hydrogen-bond donors (Lipinski definition) is 0. The number of rotatable bonds is 2. The molecule has 0 bridgehead atoms. The third-order valence-corrected chi connectivity index (χ3v) is 2.15. The molecule has 1 heterocycles. The van der Waals surface area contributed by atoms with Gasteiger partial charge in [-0.3, -0.25) is 4.79 Å². The lowest BCUT2D eigenvalue weighted by Gasteiger charge is -2.39. The Morgan fingerprint density at radius 2 is 2.14 bits per heavy atom. The molecular formula is C10H18O4. The maximum absolute atomic E-state index is 11.1. The first kappa shape index (κ1) is 11.5. The largest absolute Gasteiger partial charge is 0.469 e. The predicted molar refractivity (Wildman–Crippen MR) is 50.7 cm³/mol. The van der Waals surface area contributed by atoms with Crippen molar-refractivity contribution in [1.82, 2.24) is 0 Å². The van der Waals surface area contributed by atoms with E-state index in [4.69, 9.17) is 9.47 Å². The number of carbonyl (C=O) groups excluding carboxylic acids is 1. The Hall–Kier alpha value is -0.610. The second-order valence-electron chi connectivity index (χ2n) is 4.08. The van der Waals surface area contributed by atoms with Gasteiger partial charge in [0.1, 0.15) is 0 Å². The van der Waals surface area contributed by atoms with Gasteiger partial charge in [0.2, 0.25) is 0 Å². The fourth-order valence-corrected chi connectivity index (χ4v) is 1.77. The molecule has 1 rings (SSSR count). The van der Waals surface area contributed by atoms with Gasteiger partial charge < -0.3 is 14.2 Å². The lowest BCUT2D eigenvalue weighted by Crippen LogP contribution is -2.44. The van der Waals surface area contributed by atoms with Crippen LogP contribution >= 0.6 is 0 Å². The summed E-state index contributed by atoms with van der Waals surface area (Å²) in [5, 5.41) is 0. The van der Waals surface area contributed by atoms with E-state index in [0.29, 0.717) is 6.42 Å². The highest BCUT2D eigenvalue weighted by Crippen LogP contribution is 2.27. The summed E-state index contributed by atoms with van der Waals surface area (Å²) in [6, 6.07) is 0.